The highest BCUT2D eigenvalue weighted by atomic mass is 79.9. The summed E-state index contributed by atoms with van der Waals surface area (Å²) in [7, 11) is 0. The molecule has 0 N–H and O–H groups in total. The molecule has 0 bridgehead atoms. The van der Waals surface area contributed by atoms with Crippen molar-refractivity contribution in [2.75, 3.05) is 0 Å². The van der Waals surface area contributed by atoms with Gasteiger partial charge in [0.1, 0.15) is 0 Å². The van der Waals surface area contributed by atoms with Gasteiger partial charge < -0.3 is 0 Å². The summed E-state index contributed by atoms with van der Waals surface area (Å²) in [5, 5.41) is 0. The van der Waals surface area contributed by atoms with Crippen molar-refractivity contribution in [2.24, 2.45) is 0 Å². The molecular weight excluding hydrogens is 246 g/mol. The Morgan fingerprint density at radius 1 is 1.23 bits per heavy atom. The van der Waals surface area contributed by atoms with Gasteiger partial charge in [0.2, 0.25) is 0 Å². The Morgan fingerprint density at radius 3 is 2.46 bits per heavy atom. The summed E-state index contributed by atoms with van der Waals surface area (Å²) >= 11 is 4.95. The average Bonchev–Trinajstić information content (AvgIpc) is 2.53. The molecule has 0 amide bonds. The summed E-state index contributed by atoms with van der Waals surface area (Å²) in [6.07, 6.45) is 0. The van der Waals surface area contributed by atoms with E-state index in [1.807, 2.05) is 19.1 Å². The fourth-order valence-electron chi connectivity index (χ4n) is 1.11. The maximum absolute atomic E-state index is 4.25. The summed E-state index contributed by atoms with van der Waals surface area (Å²) < 4.78 is 5.35. The molecule has 1 heterocycles. The lowest BCUT2D eigenvalue weighted by Gasteiger charge is -1.95. The predicted molar refractivity (Wildman–Crippen MR) is 60.0 cm³/mol. The molecule has 13 heavy (non-hydrogen) atoms. The SMILES string of the molecule is Cc1cc(-c2ccc(Br)cc2)sn1. The molecule has 3 heteroatoms. The highest BCUT2D eigenvalue weighted by molar-refractivity contribution is 9.10. The average molecular weight is 254 g/mol. The van der Waals surface area contributed by atoms with E-state index in [1.165, 1.54) is 10.4 Å². The molecule has 66 valence electrons. The summed E-state index contributed by atoms with van der Waals surface area (Å²) in [6.45, 7) is 2.01. The third kappa shape index (κ3) is 1.98. The minimum atomic E-state index is 1.09. The third-order valence-electron chi connectivity index (χ3n) is 1.76. The lowest BCUT2D eigenvalue weighted by atomic mass is 10.2. The van der Waals surface area contributed by atoms with Crippen LogP contribution in [0.15, 0.2) is 34.8 Å². The maximum atomic E-state index is 4.25. The number of aromatic nitrogens is 1. The number of halogens is 1. The van der Waals surface area contributed by atoms with E-state index in [2.05, 4.69) is 38.5 Å². The van der Waals surface area contributed by atoms with E-state index < -0.39 is 0 Å². The standard InChI is InChI=1S/C10H8BrNS/c1-7-6-10(13-12-7)8-2-4-9(11)5-3-8/h2-6H,1H3. The van der Waals surface area contributed by atoms with E-state index in [1.54, 1.807) is 11.5 Å². The molecule has 1 aromatic heterocycles. The number of aryl methyl sites for hydroxylation is 1. The first-order chi connectivity index (χ1) is 6.25. The zero-order valence-electron chi connectivity index (χ0n) is 7.12. The topological polar surface area (TPSA) is 12.9 Å². The summed E-state index contributed by atoms with van der Waals surface area (Å²) in [6, 6.07) is 10.4. The monoisotopic (exact) mass is 253 g/mol. The Morgan fingerprint density at radius 2 is 1.92 bits per heavy atom. The van der Waals surface area contributed by atoms with Crippen molar-refractivity contribution in [1.82, 2.24) is 4.37 Å². The van der Waals surface area contributed by atoms with Crippen LogP contribution in [-0.2, 0) is 0 Å². The lowest BCUT2D eigenvalue weighted by Crippen LogP contribution is -1.70. The number of rotatable bonds is 1. The number of hydrogen-bond donors (Lipinski definition) is 0. The second-order valence-corrected chi connectivity index (χ2v) is 4.56. The van der Waals surface area contributed by atoms with Crippen molar-refractivity contribution >= 4 is 27.5 Å². The normalized spacial score (nSPS) is 10.3. The van der Waals surface area contributed by atoms with Crippen molar-refractivity contribution in [3.05, 3.63) is 40.5 Å². The van der Waals surface area contributed by atoms with Crippen molar-refractivity contribution in [3.63, 3.8) is 0 Å². The van der Waals surface area contributed by atoms with Gasteiger partial charge in [-0.1, -0.05) is 28.1 Å². The van der Waals surface area contributed by atoms with Crippen LogP contribution in [0.3, 0.4) is 0 Å². The van der Waals surface area contributed by atoms with E-state index >= 15 is 0 Å². The van der Waals surface area contributed by atoms with E-state index in [-0.39, 0.29) is 0 Å². The Balaban J connectivity index is 2.41. The number of nitrogens with zero attached hydrogens (tertiary/aromatic N) is 1. The molecule has 0 saturated carbocycles. The van der Waals surface area contributed by atoms with Crippen molar-refractivity contribution in [1.29, 1.82) is 0 Å². The fraction of sp³-hybridized carbons (Fsp3) is 0.100. The minimum Gasteiger partial charge on any atom is -0.197 e. The van der Waals surface area contributed by atoms with Gasteiger partial charge in [-0.15, -0.1) is 0 Å². The Labute approximate surface area is 89.7 Å². The number of benzene rings is 1. The van der Waals surface area contributed by atoms with Gasteiger partial charge in [-0.2, -0.15) is 4.37 Å². The van der Waals surface area contributed by atoms with Crippen LogP contribution in [0.25, 0.3) is 10.4 Å². The molecule has 0 spiro atoms. The largest absolute Gasteiger partial charge is 0.197 e. The molecule has 0 saturated heterocycles. The van der Waals surface area contributed by atoms with E-state index in [0.717, 1.165) is 10.2 Å². The first-order valence-electron chi connectivity index (χ1n) is 3.95. The molecule has 0 aliphatic heterocycles. The minimum absolute atomic E-state index is 1.09. The van der Waals surface area contributed by atoms with E-state index in [0.29, 0.717) is 0 Å². The van der Waals surface area contributed by atoms with Crippen LogP contribution in [0.2, 0.25) is 0 Å². The summed E-state index contributed by atoms with van der Waals surface area (Å²) in [5.41, 5.74) is 2.32. The van der Waals surface area contributed by atoms with E-state index in [9.17, 15) is 0 Å². The second kappa shape index (κ2) is 3.60. The molecule has 0 fully saturated rings. The third-order valence-corrected chi connectivity index (χ3v) is 3.21. The second-order valence-electron chi connectivity index (χ2n) is 2.84. The van der Waals surface area contributed by atoms with Crippen molar-refractivity contribution in [3.8, 4) is 10.4 Å². The lowest BCUT2D eigenvalue weighted by molar-refractivity contribution is 1.35. The predicted octanol–water partition coefficient (Wildman–Crippen LogP) is 3.88. The van der Waals surface area contributed by atoms with Gasteiger partial charge in [0, 0.05) is 4.47 Å². The van der Waals surface area contributed by atoms with E-state index in [4.69, 9.17) is 0 Å². The van der Waals surface area contributed by atoms with Gasteiger partial charge in [-0.25, -0.2) is 0 Å². The zero-order valence-corrected chi connectivity index (χ0v) is 9.52. The first kappa shape index (κ1) is 8.91. The molecule has 1 aromatic carbocycles. The van der Waals surface area contributed by atoms with Crippen LogP contribution in [0.5, 0.6) is 0 Å². The Bertz CT molecular complexity index is 405. The fourth-order valence-corrected chi connectivity index (χ4v) is 2.14. The molecule has 1 nitrogen and oxygen atoms in total. The van der Waals surface area contributed by atoms with Gasteiger partial charge in [0.15, 0.2) is 0 Å². The van der Waals surface area contributed by atoms with Crippen LogP contribution < -0.4 is 0 Å². The zero-order chi connectivity index (χ0) is 9.26. The first-order valence-corrected chi connectivity index (χ1v) is 5.51. The van der Waals surface area contributed by atoms with Gasteiger partial charge in [-0.3, -0.25) is 0 Å². The molecule has 0 atom stereocenters. The van der Waals surface area contributed by atoms with Crippen molar-refractivity contribution in [2.45, 2.75) is 6.92 Å². The molecule has 0 aliphatic carbocycles. The summed E-state index contributed by atoms with van der Waals surface area (Å²) in [4.78, 5) is 1.23. The van der Waals surface area contributed by atoms with Gasteiger partial charge in [0.05, 0.1) is 10.6 Å². The van der Waals surface area contributed by atoms with Crippen LogP contribution in [0, 0.1) is 6.92 Å². The van der Waals surface area contributed by atoms with Crippen LogP contribution >= 0.6 is 27.5 Å². The Hall–Kier alpha value is -0.670. The van der Waals surface area contributed by atoms with Gasteiger partial charge >= 0.3 is 0 Å². The van der Waals surface area contributed by atoms with Crippen LogP contribution in [0.4, 0.5) is 0 Å². The molecule has 2 rings (SSSR count). The highest BCUT2D eigenvalue weighted by Gasteiger charge is 2.00. The quantitative estimate of drug-likeness (QED) is 0.752. The maximum Gasteiger partial charge on any atom is 0.0552 e. The van der Waals surface area contributed by atoms with Gasteiger partial charge in [-0.05, 0) is 42.2 Å². The molecule has 2 aromatic rings. The van der Waals surface area contributed by atoms with Gasteiger partial charge in [0.25, 0.3) is 0 Å². The molecule has 0 radical (unpaired) electrons. The molecule has 0 aliphatic rings. The van der Waals surface area contributed by atoms with Crippen LogP contribution in [0.1, 0.15) is 5.69 Å². The summed E-state index contributed by atoms with van der Waals surface area (Å²) in [5.74, 6) is 0. The molecular formula is C10H8BrNS. The van der Waals surface area contributed by atoms with Crippen LogP contribution in [-0.4, -0.2) is 4.37 Å². The Kier molecular flexibility index (Phi) is 2.47. The van der Waals surface area contributed by atoms with Crippen molar-refractivity contribution < 1.29 is 0 Å². The number of hydrogen-bond acceptors (Lipinski definition) is 2. The highest BCUT2D eigenvalue weighted by Crippen LogP contribution is 2.25. The smallest absolute Gasteiger partial charge is 0.0552 e. The molecule has 0 unspecified atom stereocenters.